The highest BCUT2D eigenvalue weighted by molar-refractivity contribution is 5.27. The molecule has 18 heavy (non-hydrogen) atoms. The second kappa shape index (κ2) is 6.79. The first-order valence-corrected chi connectivity index (χ1v) is 7.22. The van der Waals surface area contributed by atoms with Crippen molar-refractivity contribution in [1.82, 2.24) is 4.90 Å². The summed E-state index contributed by atoms with van der Waals surface area (Å²) in [5.74, 6) is 1.85. The second-order valence-electron chi connectivity index (χ2n) is 5.39. The molecule has 1 aliphatic heterocycles. The third-order valence-corrected chi connectivity index (χ3v) is 3.75. The molecule has 1 aromatic rings. The molecule has 0 saturated carbocycles. The first-order valence-electron chi connectivity index (χ1n) is 7.22. The summed E-state index contributed by atoms with van der Waals surface area (Å²) < 4.78 is 5.80. The fourth-order valence-electron chi connectivity index (χ4n) is 2.60. The van der Waals surface area contributed by atoms with Crippen LogP contribution in [0.3, 0.4) is 0 Å². The minimum absolute atomic E-state index is 0.804. The van der Waals surface area contributed by atoms with Gasteiger partial charge in [-0.1, -0.05) is 26.0 Å². The summed E-state index contributed by atoms with van der Waals surface area (Å²) in [6, 6.07) is 8.46. The second-order valence-corrected chi connectivity index (χ2v) is 5.39. The van der Waals surface area contributed by atoms with Crippen molar-refractivity contribution < 1.29 is 4.74 Å². The molecule has 2 nitrogen and oxygen atoms in total. The zero-order valence-electron chi connectivity index (χ0n) is 11.7. The first kappa shape index (κ1) is 13.4. The molecule has 1 heterocycles. The lowest BCUT2D eigenvalue weighted by atomic mass is 10.0. The van der Waals surface area contributed by atoms with Crippen LogP contribution < -0.4 is 4.74 Å². The van der Waals surface area contributed by atoms with Crippen LogP contribution in [0.2, 0.25) is 0 Å². The van der Waals surface area contributed by atoms with Gasteiger partial charge in [0.25, 0.3) is 0 Å². The average Bonchev–Trinajstić information content (AvgIpc) is 2.40. The molecule has 0 N–H and O–H groups in total. The molecule has 0 unspecified atom stereocenters. The van der Waals surface area contributed by atoms with E-state index in [1.54, 1.807) is 0 Å². The van der Waals surface area contributed by atoms with E-state index in [-0.39, 0.29) is 0 Å². The summed E-state index contributed by atoms with van der Waals surface area (Å²) in [5.41, 5.74) is 1.37. The van der Waals surface area contributed by atoms with E-state index in [2.05, 4.69) is 43.0 Å². The summed E-state index contributed by atoms with van der Waals surface area (Å²) in [4.78, 5) is 2.52. The van der Waals surface area contributed by atoms with Crippen molar-refractivity contribution >= 4 is 0 Å². The number of piperidine rings is 1. The number of hydrogen-bond acceptors (Lipinski definition) is 2. The minimum atomic E-state index is 0.804. The number of nitrogens with zero attached hydrogens (tertiary/aromatic N) is 1. The number of likely N-dealkylation sites (tertiary alicyclic amines) is 1. The lowest BCUT2D eigenvalue weighted by Crippen LogP contribution is -2.37. The van der Waals surface area contributed by atoms with E-state index >= 15 is 0 Å². The maximum Gasteiger partial charge on any atom is 0.119 e. The molecule has 0 amide bonds. The van der Waals surface area contributed by atoms with Crippen LogP contribution in [0.5, 0.6) is 5.75 Å². The molecule has 2 heteroatoms. The zero-order chi connectivity index (χ0) is 12.8. The average molecular weight is 247 g/mol. The van der Waals surface area contributed by atoms with Gasteiger partial charge in [-0.25, -0.2) is 0 Å². The zero-order valence-corrected chi connectivity index (χ0v) is 11.7. The maximum atomic E-state index is 5.80. The van der Waals surface area contributed by atoms with Crippen LogP contribution in [0.1, 0.15) is 32.3 Å². The van der Waals surface area contributed by atoms with Crippen LogP contribution in [0, 0.1) is 5.92 Å². The Labute approximate surface area is 111 Å². The Bertz CT molecular complexity index is 347. The SMILES string of the molecule is CCc1ccc(OCCN2CCC[C@@H](C)C2)cc1. The molecule has 1 fully saturated rings. The molecule has 1 aromatic carbocycles. The van der Waals surface area contributed by atoms with Crippen molar-refractivity contribution in [3.63, 3.8) is 0 Å². The van der Waals surface area contributed by atoms with E-state index < -0.39 is 0 Å². The Morgan fingerprint density at radius 2 is 2.06 bits per heavy atom. The molecule has 100 valence electrons. The van der Waals surface area contributed by atoms with E-state index in [4.69, 9.17) is 4.74 Å². The highest BCUT2D eigenvalue weighted by Crippen LogP contribution is 2.16. The van der Waals surface area contributed by atoms with Crippen LogP contribution in [0.4, 0.5) is 0 Å². The lowest BCUT2D eigenvalue weighted by molar-refractivity contribution is 0.153. The Balaban J connectivity index is 1.70. The van der Waals surface area contributed by atoms with E-state index in [1.165, 1.54) is 31.5 Å². The molecular formula is C16H25NO. The number of aryl methyl sites for hydroxylation is 1. The molecule has 1 saturated heterocycles. The summed E-state index contributed by atoms with van der Waals surface area (Å²) in [5, 5.41) is 0. The predicted molar refractivity (Wildman–Crippen MR) is 76.2 cm³/mol. The van der Waals surface area contributed by atoms with Gasteiger partial charge in [0.15, 0.2) is 0 Å². The summed E-state index contributed by atoms with van der Waals surface area (Å²) in [6.07, 6.45) is 3.81. The number of rotatable bonds is 5. The third kappa shape index (κ3) is 4.02. The van der Waals surface area contributed by atoms with Gasteiger partial charge in [0, 0.05) is 13.1 Å². The van der Waals surface area contributed by atoms with Gasteiger partial charge >= 0.3 is 0 Å². The van der Waals surface area contributed by atoms with Crippen LogP contribution >= 0.6 is 0 Å². The number of hydrogen-bond donors (Lipinski definition) is 0. The van der Waals surface area contributed by atoms with Crippen molar-refractivity contribution in [2.24, 2.45) is 5.92 Å². The van der Waals surface area contributed by atoms with E-state index in [0.29, 0.717) is 0 Å². The molecule has 0 aliphatic carbocycles. The number of benzene rings is 1. The van der Waals surface area contributed by atoms with Crippen molar-refractivity contribution in [3.8, 4) is 5.75 Å². The Morgan fingerprint density at radius 1 is 1.28 bits per heavy atom. The van der Waals surface area contributed by atoms with Gasteiger partial charge in [0.1, 0.15) is 12.4 Å². The van der Waals surface area contributed by atoms with Crippen LogP contribution in [-0.2, 0) is 6.42 Å². The molecule has 1 aliphatic rings. The smallest absolute Gasteiger partial charge is 0.119 e. The highest BCUT2D eigenvalue weighted by atomic mass is 16.5. The molecule has 0 spiro atoms. The predicted octanol–water partition coefficient (Wildman–Crippen LogP) is 3.36. The minimum Gasteiger partial charge on any atom is -0.492 e. The summed E-state index contributed by atoms with van der Waals surface area (Å²) in [6.45, 7) is 8.85. The normalized spacial score (nSPS) is 20.9. The molecule has 1 atom stereocenters. The molecule has 0 bridgehead atoms. The van der Waals surface area contributed by atoms with Crippen molar-refractivity contribution in [2.75, 3.05) is 26.2 Å². The van der Waals surface area contributed by atoms with Crippen LogP contribution in [0.15, 0.2) is 24.3 Å². The Hall–Kier alpha value is -1.02. The van der Waals surface area contributed by atoms with E-state index in [9.17, 15) is 0 Å². The largest absolute Gasteiger partial charge is 0.492 e. The monoisotopic (exact) mass is 247 g/mol. The van der Waals surface area contributed by atoms with Crippen LogP contribution in [0.25, 0.3) is 0 Å². The van der Waals surface area contributed by atoms with E-state index in [1.807, 2.05) is 0 Å². The third-order valence-electron chi connectivity index (χ3n) is 3.75. The van der Waals surface area contributed by atoms with Gasteiger partial charge in [-0.3, -0.25) is 4.90 Å². The van der Waals surface area contributed by atoms with Crippen molar-refractivity contribution in [2.45, 2.75) is 33.1 Å². The number of ether oxygens (including phenoxy) is 1. The highest BCUT2D eigenvalue weighted by Gasteiger charge is 2.15. The molecule has 0 radical (unpaired) electrons. The van der Waals surface area contributed by atoms with E-state index in [0.717, 1.165) is 31.2 Å². The van der Waals surface area contributed by atoms with Gasteiger partial charge < -0.3 is 4.74 Å². The Morgan fingerprint density at radius 3 is 2.72 bits per heavy atom. The molecule has 2 rings (SSSR count). The molecule has 0 aromatic heterocycles. The Kier molecular flexibility index (Phi) is 5.06. The maximum absolute atomic E-state index is 5.80. The van der Waals surface area contributed by atoms with Crippen LogP contribution in [-0.4, -0.2) is 31.1 Å². The topological polar surface area (TPSA) is 12.5 Å². The van der Waals surface area contributed by atoms with Crippen molar-refractivity contribution in [3.05, 3.63) is 29.8 Å². The van der Waals surface area contributed by atoms with Crippen molar-refractivity contribution in [1.29, 1.82) is 0 Å². The van der Waals surface area contributed by atoms with Gasteiger partial charge in [0.05, 0.1) is 0 Å². The molecular weight excluding hydrogens is 222 g/mol. The summed E-state index contributed by atoms with van der Waals surface area (Å²) in [7, 11) is 0. The van der Waals surface area contributed by atoms with Gasteiger partial charge in [-0.2, -0.15) is 0 Å². The standard InChI is InChI=1S/C16H25NO/c1-3-15-6-8-16(9-7-15)18-12-11-17-10-4-5-14(2)13-17/h6-9,14H,3-5,10-13H2,1-2H3/t14-/m1/s1. The fraction of sp³-hybridized carbons (Fsp3) is 0.625. The summed E-state index contributed by atoms with van der Waals surface area (Å²) >= 11 is 0. The van der Waals surface area contributed by atoms with Gasteiger partial charge in [0.2, 0.25) is 0 Å². The lowest BCUT2D eigenvalue weighted by Gasteiger charge is -2.30. The fourth-order valence-corrected chi connectivity index (χ4v) is 2.60. The van der Waals surface area contributed by atoms with Gasteiger partial charge in [-0.15, -0.1) is 0 Å². The quantitative estimate of drug-likeness (QED) is 0.791. The van der Waals surface area contributed by atoms with Gasteiger partial charge in [-0.05, 0) is 49.4 Å². The first-order chi connectivity index (χ1) is 8.78.